The minimum atomic E-state index is -0.365. The van der Waals surface area contributed by atoms with Gasteiger partial charge in [0.25, 0.3) is 0 Å². The summed E-state index contributed by atoms with van der Waals surface area (Å²) in [4.78, 5) is 2.92. The Morgan fingerprint density at radius 2 is 2.33 bits per heavy atom. The third-order valence-corrected chi connectivity index (χ3v) is 2.29. The highest BCUT2D eigenvalue weighted by molar-refractivity contribution is 5.85. The van der Waals surface area contributed by atoms with Gasteiger partial charge in [0, 0.05) is 23.7 Å². The van der Waals surface area contributed by atoms with E-state index in [2.05, 4.69) is 4.98 Å². The largest absolute Gasteiger partial charge is 0.497 e. The van der Waals surface area contributed by atoms with Crippen LogP contribution in [0.4, 0.5) is 4.39 Å². The molecule has 3 nitrogen and oxygen atoms in total. The minimum Gasteiger partial charge on any atom is -0.497 e. The summed E-state index contributed by atoms with van der Waals surface area (Å²) in [6, 6.07) is 5.02. The van der Waals surface area contributed by atoms with Crippen molar-refractivity contribution in [1.29, 1.82) is 5.26 Å². The topological polar surface area (TPSA) is 48.8 Å². The number of H-pyrrole nitrogens is 1. The first-order chi connectivity index (χ1) is 7.26. The molecule has 0 fully saturated rings. The number of halogens is 1. The lowest BCUT2D eigenvalue weighted by Gasteiger charge is -2.01. The number of fused-ring (bicyclic) bond motifs is 1. The summed E-state index contributed by atoms with van der Waals surface area (Å²) in [5, 5.41) is 9.05. The molecule has 1 N–H and O–H groups in total. The number of nitrogens with zero attached hydrogens (tertiary/aromatic N) is 1. The number of ether oxygens (including phenoxy) is 1. The number of rotatable bonds is 2. The lowest BCUT2D eigenvalue weighted by atomic mass is 10.1. The molecule has 1 heterocycles. The fraction of sp³-hybridized carbons (Fsp3) is 0.182. The summed E-state index contributed by atoms with van der Waals surface area (Å²) in [5.74, 6) is 0.0983. The van der Waals surface area contributed by atoms with Crippen molar-refractivity contribution in [2.45, 2.75) is 6.42 Å². The summed E-state index contributed by atoms with van der Waals surface area (Å²) in [6.07, 6.45) is 1.85. The second kappa shape index (κ2) is 3.62. The molecule has 15 heavy (non-hydrogen) atoms. The zero-order valence-electron chi connectivity index (χ0n) is 8.17. The second-order valence-corrected chi connectivity index (χ2v) is 3.18. The molecular weight excluding hydrogens is 195 g/mol. The first-order valence-electron chi connectivity index (χ1n) is 4.46. The number of aromatic amines is 1. The van der Waals surface area contributed by atoms with E-state index in [9.17, 15) is 4.39 Å². The van der Waals surface area contributed by atoms with Gasteiger partial charge in [-0.3, -0.25) is 0 Å². The van der Waals surface area contributed by atoms with E-state index >= 15 is 0 Å². The standard InChI is InChI=1S/C11H9FN2O/c1-15-8-4-9(12)11-7(2-3-13)6-14-10(11)5-8/h4-6,14H,2H2,1H3. The smallest absolute Gasteiger partial charge is 0.136 e. The number of hydrogen-bond acceptors (Lipinski definition) is 2. The van der Waals surface area contributed by atoms with Crippen molar-refractivity contribution in [2.75, 3.05) is 7.11 Å². The van der Waals surface area contributed by atoms with Gasteiger partial charge in [-0.15, -0.1) is 0 Å². The Kier molecular flexibility index (Phi) is 2.30. The average Bonchev–Trinajstić information content (AvgIpc) is 2.62. The van der Waals surface area contributed by atoms with Gasteiger partial charge in [-0.25, -0.2) is 4.39 Å². The monoisotopic (exact) mass is 204 g/mol. The molecule has 1 aromatic carbocycles. The van der Waals surface area contributed by atoms with Crippen molar-refractivity contribution in [3.05, 3.63) is 29.7 Å². The SMILES string of the molecule is COc1cc(F)c2c(CC#N)c[nH]c2c1. The van der Waals surface area contributed by atoms with Gasteiger partial charge in [0.1, 0.15) is 11.6 Å². The Labute approximate surface area is 86.1 Å². The van der Waals surface area contributed by atoms with E-state index in [0.29, 0.717) is 22.2 Å². The van der Waals surface area contributed by atoms with Crippen LogP contribution >= 0.6 is 0 Å². The van der Waals surface area contributed by atoms with E-state index in [-0.39, 0.29) is 12.2 Å². The third-order valence-electron chi connectivity index (χ3n) is 2.29. The molecule has 1 aromatic heterocycles. The van der Waals surface area contributed by atoms with E-state index < -0.39 is 0 Å². The molecule has 0 radical (unpaired) electrons. The van der Waals surface area contributed by atoms with Crippen LogP contribution in [0, 0.1) is 17.1 Å². The van der Waals surface area contributed by atoms with Gasteiger partial charge in [0.2, 0.25) is 0 Å². The normalized spacial score (nSPS) is 10.2. The molecule has 0 bridgehead atoms. The first-order valence-corrected chi connectivity index (χ1v) is 4.46. The molecule has 4 heteroatoms. The lowest BCUT2D eigenvalue weighted by Crippen LogP contribution is -1.87. The van der Waals surface area contributed by atoms with Gasteiger partial charge < -0.3 is 9.72 Å². The predicted molar refractivity (Wildman–Crippen MR) is 54.1 cm³/mol. The number of benzene rings is 1. The Balaban J connectivity index is 2.67. The van der Waals surface area contributed by atoms with E-state index in [1.807, 2.05) is 6.07 Å². The van der Waals surface area contributed by atoms with Gasteiger partial charge >= 0.3 is 0 Å². The van der Waals surface area contributed by atoms with Crippen LogP contribution in [0.2, 0.25) is 0 Å². The second-order valence-electron chi connectivity index (χ2n) is 3.18. The lowest BCUT2D eigenvalue weighted by molar-refractivity contribution is 0.412. The molecular formula is C11H9FN2O. The first kappa shape index (κ1) is 9.53. The molecule has 2 aromatic rings. The van der Waals surface area contributed by atoms with Gasteiger partial charge in [-0.1, -0.05) is 0 Å². The molecule has 0 unspecified atom stereocenters. The Bertz CT molecular complexity index is 539. The van der Waals surface area contributed by atoms with Crippen LogP contribution < -0.4 is 4.74 Å². The highest BCUT2D eigenvalue weighted by Gasteiger charge is 2.10. The molecule has 0 atom stereocenters. The van der Waals surface area contributed by atoms with Gasteiger partial charge in [0.05, 0.1) is 25.1 Å². The van der Waals surface area contributed by atoms with Crippen LogP contribution in [-0.4, -0.2) is 12.1 Å². The molecule has 0 amide bonds. The molecule has 2 rings (SSSR count). The quantitative estimate of drug-likeness (QED) is 0.816. The summed E-state index contributed by atoms with van der Waals surface area (Å²) < 4.78 is 18.6. The van der Waals surface area contributed by atoms with Crippen molar-refractivity contribution in [1.82, 2.24) is 4.98 Å². The Hall–Kier alpha value is -2.02. The predicted octanol–water partition coefficient (Wildman–Crippen LogP) is 2.38. The minimum absolute atomic E-state index is 0.198. The third kappa shape index (κ3) is 1.52. The number of methoxy groups -OCH3 is 1. The average molecular weight is 204 g/mol. The number of nitrogens with one attached hydrogen (secondary N) is 1. The summed E-state index contributed by atoms with van der Waals surface area (Å²) in [5.41, 5.74) is 1.32. The number of aromatic nitrogens is 1. The van der Waals surface area contributed by atoms with Crippen LogP contribution in [0.5, 0.6) is 5.75 Å². The van der Waals surface area contributed by atoms with Gasteiger partial charge in [0.15, 0.2) is 0 Å². The van der Waals surface area contributed by atoms with E-state index in [0.717, 1.165) is 0 Å². The highest BCUT2D eigenvalue weighted by Crippen LogP contribution is 2.26. The fourth-order valence-corrected chi connectivity index (χ4v) is 1.60. The zero-order valence-corrected chi connectivity index (χ0v) is 8.17. The molecule has 0 saturated heterocycles. The molecule has 0 aliphatic rings. The molecule has 0 aliphatic carbocycles. The van der Waals surface area contributed by atoms with Crippen LogP contribution in [0.25, 0.3) is 10.9 Å². The number of nitriles is 1. The van der Waals surface area contributed by atoms with E-state index in [1.54, 1.807) is 12.3 Å². The summed E-state index contributed by atoms with van der Waals surface area (Å²) in [7, 11) is 1.49. The Morgan fingerprint density at radius 1 is 1.53 bits per heavy atom. The maximum Gasteiger partial charge on any atom is 0.136 e. The van der Waals surface area contributed by atoms with Crippen LogP contribution in [-0.2, 0) is 6.42 Å². The van der Waals surface area contributed by atoms with Gasteiger partial charge in [-0.2, -0.15) is 5.26 Å². The van der Waals surface area contributed by atoms with Crippen molar-refractivity contribution in [3.63, 3.8) is 0 Å². The van der Waals surface area contributed by atoms with Crippen LogP contribution in [0.3, 0.4) is 0 Å². The van der Waals surface area contributed by atoms with E-state index in [4.69, 9.17) is 10.00 Å². The maximum absolute atomic E-state index is 13.6. The summed E-state index contributed by atoms with van der Waals surface area (Å²) >= 11 is 0. The fourth-order valence-electron chi connectivity index (χ4n) is 1.60. The summed E-state index contributed by atoms with van der Waals surface area (Å²) in [6.45, 7) is 0. The maximum atomic E-state index is 13.6. The highest BCUT2D eigenvalue weighted by atomic mass is 19.1. The van der Waals surface area contributed by atoms with Crippen molar-refractivity contribution >= 4 is 10.9 Å². The van der Waals surface area contributed by atoms with Crippen LogP contribution in [0.15, 0.2) is 18.3 Å². The number of hydrogen-bond donors (Lipinski definition) is 1. The van der Waals surface area contributed by atoms with Crippen molar-refractivity contribution in [2.24, 2.45) is 0 Å². The van der Waals surface area contributed by atoms with Crippen LogP contribution in [0.1, 0.15) is 5.56 Å². The van der Waals surface area contributed by atoms with E-state index in [1.165, 1.54) is 13.2 Å². The Morgan fingerprint density at radius 3 is 3.00 bits per heavy atom. The van der Waals surface area contributed by atoms with Crippen molar-refractivity contribution in [3.8, 4) is 11.8 Å². The van der Waals surface area contributed by atoms with Gasteiger partial charge in [-0.05, 0) is 5.56 Å². The van der Waals surface area contributed by atoms with Crippen molar-refractivity contribution < 1.29 is 9.13 Å². The zero-order chi connectivity index (χ0) is 10.8. The molecule has 0 spiro atoms. The molecule has 0 saturated carbocycles. The molecule has 0 aliphatic heterocycles. The molecule has 76 valence electrons.